The van der Waals surface area contributed by atoms with Crippen molar-refractivity contribution in [3.05, 3.63) is 139 Å². The third kappa shape index (κ3) is 3.87. The molecule has 37 heavy (non-hydrogen) atoms. The Bertz CT molecular complexity index is 1870. The van der Waals surface area contributed by atoms with E-state index in [9.17, 15) is 0 Å². The quantitative estimate of drug-likeness (QED) is 0.237. The van der Waals surface area contributed by atoms with E-state index in [2.05, 4.69) is 145 Å². The zero-order chi connectivity index (χ0) is 24.8. The highest BCUT2D eigenvalue weighted by atomic mass is 32.1. The van der Waals surface area contributed by atoms with Crippen molar-refractivity contribution in [1.82, 2.24) is 0 Å². The molecular formula is C35H25NS. The molecule has 6 aromatic carbocycles. The van der Waals surface area contributed by atoms with Crippen molar-refractivity contribution in [2.45, 2.75) is 6.92 Å². The van der Waals surface area contributed by atoms with Gasteiger partial charge in [0.2, 0.25) is 0 Å². The number of hydrogen-bond donors (Lipinski definition) is 0. The van der Waals surface area contributed by atoms with Gasteiger partial charge in [-0.25, -0.2) is 0 Å². The Balaban J connectivity index is 1.41. The molecule has 1 nitrogen and oxygen atoms in total. The van der Waals surface area contributed by atoms with Crippen LogP contribution in [0.2, 0.25) is 0 Å². The topological polar surface area (TPSA) is 3.24 Å². The van der Waals surface area contributed by atoms with Crippen LogP contribution < -0.4 is 4.90 Å². The largest absolute Gasteiger partial charge is 0.310 e. The van der Waals surface area contributed by atoms with Crippen LogP contribution in [0, 0.1) is 6.92 Å². The lowest BCUT2D eigenvalue weighted by Gasteiger charge is -2.27. The molecule has 0 spiro atoms. The van der Waals surface area contributed by atoms with Crippen LogP contribution in [0.25, 0.3) is 42.1 Å². The van der Waals surface area contributed by atoms with E-state index in [4.69, 9.17) is 0 Å². The maximum atomic E-state index is 2.39. The molecule has 2 heteroatoms. The number of nitrogens with zero attached hydrogens (tertiary/aromatic N) is 1. The first-order valence-electron chi connectivity index (χ1n) is 12.6. The lowest BCUT2D eigenvalue weighted by molar-refractivity contribution is 1.30. The SMILES string of the molecule is Cc1ccc(-c2ccc(N(c3ccc4c(c3)sc3ccccc34)c3cccc4ccccc34)cc2)cc1. The number of fused-ring (bicyclic) bond motifs is 4. The average molecular weight is 492 g/mol. The molecule has 0 amide bonds. The summed E-state index contributed by atoms with van der Waals surface area (Å²) in [6, 6.07) is 48.5. The van der Waals surface area contributed by atoms with E-state index in [-0.39, 0.29) is 0 Å². The monoisotopic (exact) mass is 491 g/mol. The van der Waals surface area contributed by atoms with Gasteiger partial charge in [0.05, 0.1) is 5.69 Å². The minimum Gasteiger partial charge on any atom is -0.310 e. The van der Waals surface area contributed by atoms with Gasteiger partial charge in [-0.1, -0.05) is 103 Å². The number of rotatable bonds is 4. The van der Waals surface area contributed by atoms with Gasteiger partial charge in [0.1, 0.15) is 0 Å². The van der Waals surface area contributed by atoms with Crippen LogP contribution in [0.3, 0.4) is 0 Å². The first kappa shape index (κ1) is 21.8. The Morgan fingerprint density at radius 2 is 1.11 bits per heavy atom. The molecule has 0 unspecified atom stereocenters. The molecule has 0 aliphatic carbocycles. The predicted octanol–water partition coefficient (Wildman–Crippen LogP) is 10.7. The summed E-state index contributed by atoms with van der Waals surface area (Å²) in [4.78, 5) is 2.39. The van der Waals surface area contributed by atoms with Gasteiger partial charge in [0, 0.05) is 36.9 Å². The van der Waals surface area contributed by atoms with E-state index in [1.165, 1.54) is 59.0 Å². The second-order valence-electron chi connectivity index (χ2n) is 9.53. The highest BCUT2D eigenvalue weighted by molar-refractivity contribution is 7.25. The van der Waals surface area contributed by atoms with E-state index in [0.717, 1.165) is 5.69 Å². The Hall–Kier alpha value is -4.40. The third-order valence-electron chi connectivity index (χ3n) is 7.14. The van der Waals surface area contributed by atoms with Gasteiger partial charge in [0.15, 0.2) is 0 Å². The van der Waals surface area contributed by atoms with E-state index in [1.54, 1.807) is 0 Å². The van der Waals surface area contributed by atoms with Crippen LogP contribution in [0.5, 0.6) is 0 Å². The van der Waals surface area contributed by atoms with Crippen molar-refractivity contribution in [2.24, 2.45) is 0 Å². The molecule has 0 saturated carbocycles. The average Bonchev–Trinajstić information content (AvgIpc) is 3.32. The number of thiophene rings is 1. The molecule has 0 fully saturated rings. The summed E-state index contributed by atoms with van der Waals surface area (Å²) < 4.78 is 2.63. The fourth-order valence-electron chi connectivity index (χ4n) is 5.23. The molecule has 0 saturated heterocycles. The van der Waals surface area contributed by atoms with Gasteiger partial charge < -0.3 is 4.90 Å². The molecule has 0 atom stereocenters. The minimum atomic E-state index is 1.15. The lowest BCUT2D eigenvalue weighted by Crippen LogP contribution is -2.10. The van der Waals surface area contributed by atoms with Crippen molar-refractivity contribution >= 4 is 59.3 Å². The zero-order valence-corrected chi connectivity index (χ0v) is 21.4. The molecular weight excluding hydrogens is 466 g/mol. The van der Waals surface area contributed by atoms with Crippen LogP contribution >= 0.6 is 11.3 Å². The van der Waals surface area contributed by atoms with Crippen molar-refractivity contribution in [3.8, 4) is 11.1 Å². The van der Waals surface area contributed by atoms with Gasteiger partial charge in [-0.15, -0.1) is 11.3 Å². The second kappa shape index (κ2) is 8.92. The molecule has 7 aromatic rings. The highest BCUT2D eigenvalue weighted by Gasteiger charge is 2.17. The predicted molar refractivity (Wildman–Crippen MR) is 162 cm³/mol. The molecule has 1 heterocycles. The Morgan fingerprint density at radius 3 is 1.92 bits per heavy atom. The summed E-state index contributed by atoms with van der Waals surface area (Å²) in [5.41, 5.74) is 7.23. The third-order valence-corrected chi connectivity index (χ3v) is 8.27. The Morgan fingerprint density at radius 1 is 0.486 bits per heavy atom. The molecule has 0 aliphatic heterocycles. The van der Waals surface area contributed by atoms with E-state index in [1.807, 2.05) is 11.3 Å². The van der Waals surface area contributed by atoms with E-state index in [0.29, 0.717) is 0 Å². The van der Waals surface area contributed by atoms with Crippen LogP contribution in [0.1, 0.15) is 5.56 Å². The molecule has 7 rings (SSSR count). The summed E-state index contributed by atoms with van der Waals surface area (Å²) in [5.74, 6) is 0. The summed E-state index contributed by atoms with van der Waals surface area (Å²) in [6.45, 7) is 2.13. The number of anilines is 3. The summed E-state index contributed by atoms with van der Waals surface area (Å²) in [5, 5.41) is 5.12. The molecule has 0 N–H and O–H groups in total. The first-order valence-corrected chi connectivity index (χ1v) is 13.4. The standard InChI is InChI=1S/C35H25NS/c1-24-13-15-25(16-14-24)26-17-19-28(20-18-26)36(33-11-6-8-27-7-2-3-9-30(27)33)29-21-22-32-31-10-4-5-12-34(31)37-35(32)23-29/h2-23H,1H3. The zero-order valence-electron chi connectivity index (χ0n) is 20.6. The number of aryl methyl sites for hydroxylation is 1. The molecule has 0 radical (unpaired) electrons. The maximum absolute atomic E-state index is 2.39. The van der Waals surface area contributed by atoms with Gasteiger partial charge in [-0.2, -0.15) is 0 Å². The van der Waals surface area contributed by atoms with Crippen LogP contribution in [-0.4, -0.2) is 0 Å². The van der Waals surface area contributed by atoms with Crippen LogP contribution in [-0.2, 0) is 0 Å². The fourth-order valence-corrected chi connectivity index (χ4v) is 6.37. The maximum Gasteiger partial charge on any atom is 0.0540 e. The van der Waals surface area contributed by atoms with E-state index >= 15 is 0 Å². The number of benzene rings is 6. The van der Waals surface area contributed by atoms with Crippen molar-refractivity contribution in [1.29, 1.82) is 0 Å². The Labute approximate surface area is 220 Å². The van der Waals surface area contributed by atoms with Gasteiger partial charge in [-0.05, 0) is 59.8 Å². The van der Waals surface area contributed by atoms with Crippen LogP contribution in [0.15, 0.2) is 133 Å². The second-order valence-corrected chi connectivity index (χ2v) is 10.6. The fraction of sp³-hybridized carbons (Fsp3) is 0.0286. The van der Waals surface area contributed by atoms with Crippen LogP contribution in [0.4, 0.5) is 17.1 Å². The first-order chi connectivity index (χ1) is 18.2. The van der Waals surface area contributed by atoms with Crippen molar-refractivity contribution in [2.75, 3.05) is 4.90 Å². The van der Waals surface area contributed by atoms with Crippen molar-refractivity contribution < 1.29 is 0 Å². The summed E-state index contributed by atoms with van der Waals surface area (Å²) in [6.07, 6.45) is 0. The molecule has 0 bridgehead atoms. The highest BCUT2D eigenvalue weighted by Crippen LogP contribution is 2.42. The van der Waals surface area contributed by atoms with Gasteiger partial charge >= 0.3 is 0 Å². The normalized spacial score (nSPS) is 11.4. The molecule has 176 valence electrons. The summed E-state index contributed by atoms with van der Waals surface area (Å²) in [7, 11) is 0. The van der Waals surface area contributed by atoms with Crippen molar-refractivity contribution in [3.63, 3.8) is 0 Å². The molecule has 0 aliphatic rings. The van der Waals surface area contributed by atoms with E-state index < -0.39 is 0 Å². The van der Waals surface area contributed by atoms with Gasteiger partial charge in [-0.3, -0.25) is 0 Å². The Kier molecular flexibility index (Phi) is 5.27. The smallest absolute Gasteiger partial charge is 0.0540 e. The minimum absolute atomic E-state index is 1.15. The lowest BCUT2D eigenvalue weighted by atomic mass is 10.0. The van der Waals surface area contributed by atoms with Gasteiger partial charge in [0.25, 0.3) is 0 Å². The number of hydrogen-bond acceptors (Lipinski definition) is 2. The summed E-state index contributed by atoms with van der Waals surface area (Å²) >= 11 is 1.86. The molecule has 1 aromatic heterocycles.